The fourth-order valence-electron chi connectivity index (χ4n) is 3.79. The summed E-state index contributed by atoms with van der Waals surface area (Å²) in [5, 5.41) is 2.98. The summed E-state index contributed by atoms with van der Waals surface area (Å²) in [5.41, 5.74) is 2.01. The second-order valence-corrected chi connectivity index (χ2v) is 7.98. The van der Waals surface area contributed by atoms with Gasteiger partial charge in [-0.25, -0.2) is 4.39 Å². The standard InChI is InChI=1S/C23H29ClFNO2/c1-27-22-14-18(15-26-20-7-5-3-2-4-6-8-20)13-21(24)23(22)28-16-17-9-11-19(25)12-10-17/h9-14,20,26H,2-8,15-16H2,1H3/p+1. The van der Waals surface area contributed by atoms with Crippen molar-refractivity contribution in [2.24, 2.45) is 0 Å². The van der Waals surface area contributed by atoms with Crippen LogP contribution in [0.25, 0.3) is 0 Å². The van der Waals surface area contributed by atoms with Crippen molar-refractivity contribution in [2.75, 3.05) is 7.11 Å². The average Bonchev–Trinajstić information content (AvgIpc) is 2.67. The van der Waals surface area contributed by atoms with Crippen molar-refractivity contribution in [3.05, 3.63) is 58.4 Å². The van der Waals surface area contributed by atoms with Crippen molar-refractivity contribution >= 4 is 11.6 Å². The summed E-state index contributed by atoms with van der Waals surface area (Å²) in [6, 6.07) is 10.9. The van der Waals surface area contributed by atoms with Gasteiger partial charge in [0.2, 0.25) is 0 Å². The molecule has 0 bridgehead atoms. The molecule has 3 nitrogen and oxygen atoms in total. The zero-order valence-electron chi connectivity index (χ0n) is 16.6. The summed E-state index contributed by atoms with van der Waals surface area (Å²) >= 11 is 6.50. The minimum atomic E-state index is -0.260. The molecule has 1 fully saturated rings. The molecule has 0 aromatic heterocycles. The number of nitrogens with two attached hydrogens (primary N) is 1. The van der Waals surface area contributed by atoms with E-state index in [0.717, 1.165) is 17.7 Å². The van der Waals surface area contributed by atoms with Gasteiger partial charge in [-0.2, -0.15) is 0 Å². The van der Waals surface area contributed by atoms with Crippen molar-refractivity contribution in [2.45, 2.75) is 64.1 Å². The van der Waals surface area contributed by atoms with E-state index < -0.39 is 0 Å². The number of ether oxygens (including phenoxy) is 2. The Morgan fingerprint density at radius 1 is 1.00 bits per heavy atom. The summed E-state index contributed by atoms with van der Waals surface area (Å²) in [5.74, 6) is 0.906. The highest BCUT2D eigenvalue weighted by atomic mass is 35.5. The predicted molar refractivity (Wildman–Crippen MR) is 110 cm³/mol. The molecular weight excluding hydrogens is 377 g/mol. The van der Waals surface area contributed by atoms with Crippen LogP contribution >= 0.6 is 11.6 Å². The topological polar surface area (TPSA) is 35.1 Å². The summed E-state index contributed by atoms with van der Waals surface area (Å²) in [6.07, 6.45) is 9.38. The summed E-state index contributed by atoms with van der Waals surface area (Å²) in [4.78, 5) is 0. The molecule has 5 heteroatoms. The third-order valence-electron chi connectivity index (χ3n) is 5.42. The Morgan fingerprint density at radius 3 is 2.36 bits per heavy atom. The molecular formula is C23H30ClFNO2+. The maximum Gasteiger partial charge on any atom is 0.180 e. The lowest BCUT2D eigenvalue weighted by atomic mass is 9.96. The van der Waals surface area contributed by atoms with E-state index in [0.29, 0.717) is 29.2 Å². The van der Waals surface area contributed by atoms with Crippen LogP contribution in [0.2, 0.25) is 5.02 Å². The Hall–Kier alpha value is -1.78. The van der Waals surface area contributed by atoms with Crippen LogP contribution in [0.1, 0.15) is 56.1 Å². The average molecular weight is 407 g/mol. The van der Waals surface area contributed by atoms with Crippen LogP contribution in [-0.4, -0.2) is 13.2 Å². The SMILES string of the molecule is COc1cc(C[NH2+]C2CCCCCCC2)cc(Cl)c1OCc1ccc(F)cc1. The minimum absolute atomic E-state index is 0.260. The smallest absolute Gasteiger partial charge is 0.180 e. The van der Waals surface area contributed by atoms with E-state index in [1.807, 2.05) is 12.1 Å². The number of halogens is 2. The number of quaternary nitrogens is 1. The molecule has 152 valence electrons. The highest BCUT2D eigenvalue weighted by Crippen LogP contribution is 2.36. The molecule has 0 heterocycles. The lowest BCUT2D eigenvalue weighted by molar-refractivity contribution is -0.706. The highest BCUT2D eigenvalue weighted by molar-refractivity contribution is 6.32. The van der Waals surface area contributed by atoms with Crippen LogP contribution in [0.5, 0.6) is 11.5 Å². The Bertz CT molecular complexity index is 743. The van der Waals surface area contributed by atoms with Crippen molar-refractivity contribution < 1.29 is 19.2 Å². The number of methoxy groups -OCH3 is 1. The number of hydrogen-bond donors (Lipinski definition) is 1. The van der Waals surface area contributed by atoms with E-state index in [2.05, 4.69) is 5.32 Å². The number of hydrogen-bond acceptors (Lipinski definition) is 2. The second-order valence-electron chi connectivity index (χ2n) is 7.57. The Morgan fingerprint density at radius 2 is 1.68 bits per heavy atom. The molecule has 0 saturated heterocycles. The van der Waals surface area contributed by atoms with Gasteiger partial charge in [-0.05, 0) is 55.5 Å². The first-order chi connectivity index (χ1) is 13.7. The molecule has 0 spiro atoms. The first-order valence-electron chi connectivity index (χ1n) is 10.2. The van der Waals surface area contributed by atoms with E-state index in [-0.39, 0.29) is 5.82 Å². The molecule has 3 rings (SSSR count). The summed E-state index contributed by atoms with van der Waals surface area (Å²) in [6.45, 7) is 1.20. The van der Waals surface area contributed by atoms with E-state index in [1.54, 1.807) is 19.2 Å². The minimum Gasteiger partial charge on any atom is -0.493 e. The van der Waals surface area contributed by atoms with Crippen molar-refractivity contribution in [1.82, 2.24) is 0 Å². The molecule has 1 aliphatic carbocycles. The van der Waals surface area contributed by atoms with E-state index in [1.165, 1.54) is 57.1 Å². The van der Waals surface area contributed by atoms with E-state index >= 15 is 0 Å². The van der Waals surface area contributed by atoms with Crippen LogP contribution in [-0.2, 0) is 13.2 Å². The fourth-order valence-corrected chi connectivity index (χ4v) is 4.08. The molecule has 28 heavy (non-hydrogen) atoms. The van der Waals surface area contributed by atoms with Gasteiger partial charge in [0, 0.05) is 5.56 Å². The molecule has 2 aromatic rings. The van der Waals surface area contributed by atoms with Gasteiger partial charge in [0.25, 0.3) is 0 Å². The molecule has 0 unspecified atom stereocenters. The molecule has 1 aliphatic rings. The maximum absolute atomic E-state index is 13.0. The normalized spacial score (nSPS) is 15.7. The lowest BCUT2D eigenvalue weighted by Gasteiger charge is -2.19. The van der Waals surface area contributed by atoms with Crippen LogP contribution < -0.4 is 14.8 Å². The zero-order chi connectivity index (χ0) is 19.8. The van der Waals surface area contributed by atoms with Crippen LogP contribution in [0.15, 0.2) is 36.4 Å². The molecule has 0 aliphatic heterocycles. The summed E-state index contributed by atoms with van der Waals surface area (Å²) < 4.78 is 24.4. The number of rotatable bonds is 7. The van der Waals surface area contributed by atoms with Gasteiger partial charge in [-0.3, -0.25) is 0 Å². The zero-order valence-corrected chi connectivity index (χ0v) is 17.3. The van der Waals surface area contributed by atoms with Gasteiger partial charge >= 0.3 is 0 Å². The number of benzene rings is 2. The molecule has 2 aromatic carbocycles. The van der Waals surface area contributed by atoms with Gasteiger partial charge in [-0.15, -0.1) is 0 Å². The monoisotopic (exact) mass is 406 g/mol. The van der Waals surface area contributed by atoms with Gasteiger partial charge < -0.3 is 14.8 Å². The quantitative estimate of drug-likeness (QED) is 0.682. The first kappa shape index (κ1) is 20.9. The van der Waals surface area contributed by atoms with Gasteiger partial charge in [0.1, 0.15) is 19.0 Å². The van der Waals surface area contributed by atoms with Gasteiger partial charge in [0.05, 0.1) is 18.2 Å². The third kappa shape index (κ3) is 6.11. The highest BCUT2D eigenvalue weighted by Gasteiger charge is 2.17. The van der Waals surface area contributed by atoms with Crippen molar-refractivity contribution in [3.8, 4) is 11.5 Å². The third-order valence-corrected chi connectivity index (χ3v) is 5.70. The molecule has 0 radical (unpaired) electrons. The maximum atomic E-state index is 13.0. The fraction of sp³-hybridized carbons (Fsp3) is 0.478. The van der Waals surface area contributed by atoms with E-state index in [4.69, 9.17) is 21.1 Å². The lowest BCUT2D eigenvalue weighted by Crippen LogP contribution is -2.88. The van der Waals surface area contributed by atoms with Crippen LogP contribution in [0.4, 0.5) is 4.39 Å². The molecule has 2 N–H and O–H groups in total. The first-order valence-corrected chi connectivity index (χ1v) is 10.6. The molecule has 0 amide bonds. The Labute approximate surface area is 172 Å². The Balaban J connectivity index is 1.62. The predicted octanol–water partition coefficient (Wildman–Crippen LogP) is 5.24. The largest absolute Gasteiger partial charge is 0.493 e. The second kappa shape index (κ2) is 10.7. The van der Waals surface area contributed by atoms with Gasteiger partial charge in [-0.1, -0.05) is 43.0 Å². The van der Waals surface area contributed by atoms with Gasteiger partial charge in [0.15, 0.2) is 11.5 Å². The molecule has 1 saturated carbocycles. The molecule has 0 atom stereocenters. The van der Waals surface area contributed by atoms with Crippen LogP contribution in [0.3, 0.4) is 0 Å². The Kier molecular flexibility index (Phi) is 7.99. The van der Waals surface area contributed by atoms with Crippen molar-refractivity contribution in [3.63, 3.8) is 0 Å². The van der Waals surface area contributed by atoms with Crippen molar-refractivity contribution in [1.29, 1.82) is 0 Å². The van der Waals surface area contributed by atoms with E-state index in [9.17, 15) is 4.39 Å². The summed E-state index contributed by atoms with van der Waals surface area (Å²) in [7, 11) is 1.62. The van der Waals surface area contributed by atoms with Crippen LogP contribution in [0, 0.1) is 5.82 Å².